The van der Waals surface area contributed by atoms with Crippen LogP contribution < -0.4 is 4.72 Å². The van der Waals surface area contributed by atoms with Gasteiger partial charge < -0.3 is 5.11 Å². The van der Waals surface area contributed by atoms with Gasteiger partial charge in [-0.25, -0.2) is 21.9 Å². The molecular weight excluding hydrogens is 384 g/mol. The molecule has 0 unspecified atom stereocenters. The minimum absolute atomic E-state index is 0.161. The summed E-state index contributed by atoms with van der Waals surface area (Å²) in [6, 6.07) is 0.891. The van der Waals surface area contributed by atoms with Crippen LogP contribution in [0.4, 0.5) is 8.78 Å². The van der Waals surface area contributed by atoms with Crippen molar-refractivity contribution in [3.05, 3.63) is 28.2 Å². The number of benzene rings is 1. The number of carboxylic acids is 1. The van der Waals surface area contributed by atoms with Crippen LogP contribution in [-0.4, -0.2) is 25.5 Å². The highest BCUT2D eigenvalue weighted by molar-refractivity contribution is 9.10. The topological polar surface area (TPSA) is 83.5 Å². The second-order valence-electron chi connectivity index (χ2n) is 5.20. The van der Waals surface area contributed by atoms with Gasteiger partial charge in [-0.2, -0.15) is 0 Å². The monoisotopic (exact) mass is 397 g/mol. The highest BCUT2D eigenvalue weighted by Crippen LogP contribution is 2.27. The van der Waals surface area contributed by atoms with E-state index in [0.717, 1.165) is 6.07 Å². The van der Waals surface area contributed by atoms with Crippen LogP contribution in [-0.2, 0) is 14.8 Å². The van der Waals surface area contributed by atoms with Gasteiger partial charge in [-0.3, -0.25) is 4.79 Å². The molecule has 2 rings (SSSR count). The van der Waals surface area contributed by atoms with E-state index in [2.05, 4.69) is 20.7 Å². The lowest BCUT2D eigenvalue weighted by Crippen LogP contribution is -2.39. The number of rotatable bonds is 4. The maximum absolute atomic E-state index is 13.8. The Morgan fingerprint density at radius 1 is 1.18 bits per heavy atom. The summed E-state index contributed by atoms with van der Waals surface area (Å²) in [5.41, 5.74) is 0. The molecule has 0 heterocycles. The van der Waals surface area contributed by atoms with E-state index in [1.54, 1.807) is 0 Å². The van der Waals surface area contributed by atoms with Crippen LogP contribution in [0.5, 0.6) is 0 Å². The third kappa shape index (κ3) is 3.82. The molecule has 122 valence electrons. The Kier molecular flexibility index (Phi) is 5.18. The van der Waals surface area contributed by atoms with Crippen molar-refractivity contribution >= 4 is 31.9 Å². The summed E-state index contributed by atoms with van der Waals surface area (Å²) in [6.45, 7) is 0. The van der Waals surface area contributed by atoms with Crippen molar-refractivity contribution in [1.82, 2.24) is 4.72 Å². The fourth-order valence-corrected chi connectivity index (χ4v) is 4.14. The summed E-state index contributed by atoms with van der Waals surface area (Å²) in [5, 5.41) is 8.89. The van der Waals surface area contributed by atoms with Gasteiger partial charge in [0, 0.05) is 6.04 Å². The van der Waals surface area contributed by atoms with Crippen molar-refractivity contribution in [1.29, 1.82) is 0 Å². The number of aliphatic carboxylic acids is 1. The quantitative estimate of drug-likeness (QED) is 0.764. The molecule has 0 bridgehead atoms. The lowest BCUT2D eigenvalue weighted by Gasteiger charge is -2.26. The molecular formula is C13H14BrF2NO4S. The van der Waals surface area contributed by atoms with Gasteiger partial charge in [-0.1, -0.05) is 0 Å². The molecule has 0 radical (unpaired) electrons. The maximum atomic E-state index is 13.8. The second kappa shape index (κ2) is 6.59. The van der Waals surface area contributed by atoms with E-state index in [0.29, 0.717) is 31.7 Å². The standard InChI is InChI=1S/C13H14BrF2NO4S/c14-9-5-11(16)12(6-10(9)15)22(20,21)17-8-3-1-7(2-4-8)13(18)19/h5-8,17H,1-4H2,(H,18,19). The third-order valence-corrected chi connectivity index (χ3v) is 5.81. The van der Waals surface area contributed by atoms with Gasteiger partial charge in [-0.15, -0.1) is 0 Å². The lowest BCUT2D eigenvalue weighted by molar-refractivity contribution is -0.142. The van der Waals surface area contributed by atoms with E-state index in [4.69, 9.17) is 5.11 Å². The first-order valence-electron chi connectivity index (χ1n) is 6.60. The number of hydrogen-bond donors (Lipinski definition) is 2. The Morgan fingerprint density at radius 2 is 1.77 bits per heavy atom. The van der Waals surface area contributed by atoms with Crippen molar-refractivity contribution in [2.45, 2.75) is 36.6 Å². The van der Waals surface area contributed by atoms with Crippen molar-refractivity contribution in [2.75, 3.05) is 0 Å². The minimum atomic E-state index is -4.20. The van der Waals surface area contributed by atoms with Gasteiger partial charge in [0.25, 0.3) is 0 Å². The molecule has 0 atom stereocenters. The summed E-state index contributed by atoms with van der Waals surface area (Å²) >= 11 is 2.78. The van der Waals surface area contributed by atoms with Gasteiger partial charge in [0.05, 0.1) is 10.4 Å². The lowest BCUT2D eigenvalue weighted by atomic mass is 9.87. The summed E-state index contributed by atoms with van der Waals surface area (Å²) in [4.78, 5) is 10.1. The molecule has 1 aliphatic carbocycles. The summed E-state index contributed by atoms with van der Waals surface area (Å²) < 4.78 is 53.6. The second-order valence-corrected chi connectivity index (χ2v) is 7.74. The molecule has 0 amide bonds. The van der Waals surface area contributed by atoms with Crippen LogP contribution in [0, 0.1) is 17.6 Å². The first-order valence-corrected chi connectivity index (χ1v) is 8.88. The average Bonchev–Trinajstić information content (AvgIpc) is 2.42. The maximum Gasteiger partial charge on any atom is 0.306 e. The normalized spacial score (nSPS) is 22.5. The number of nitrogens with one attached hydrogen (secondary N) is 1. The zero-order valence-electron chi connectivity index (χ0n) is 11.4. The number of halogens is 3. The predicted octanol–water partition coefficient (Wildman–Crippen LogP) is 2.65. The van der Waals surface area contributed by atoms with Crippen LogP contribution in [0.15, 0.2) is 21.5 Å². The molecule has 5 nitrogen and oxygen atoms in total. The Labute approximate surface area is 134 Å². The largest absolute Gasteiger partial charge is 0.481 e. The van der Waals surface area contributed by atoms with Gasteiger partial charge in [0.15, 0.2) is 0 Å². The van der Waals surface area contributed by atoms with E-state index in [1.165, 1.54) is 0 Å². The van der Waals surface area contributed by atoms with Crippen LogP contribution in [0.3, 0.4) is 0 Å². The first-order chi connectivity index (χ1) is 10.2. The van der Waals surface area contributed by atoms with E-state index < -0.39 is 44.5 Å². The molecule has 1 aromatic rings. The smallest absolute Gasteiger partial charge is 0.306 e. The fraction of sp³-hybridized carbons (Fsp3) is 0.462. The van der Waals surface area contributed by atoms with Crippen LogP contribution in [0.25, 0.3) is 0 Å². The number of carboxylic acid groups (broad SMARTS) is 1. The molecule has 1 fully saturated rings. The van der Waals surface area contributed by atoms with Gasteiger partial charge in [-0.05, 0) is 53.7 Å². The number of hydrogen-bond acceptors (Lipinski definition) is 3. The highest BCUT2D eigenvalue weighted by Gasteiger charge is 2.30. The Bertz CT molecular complexity index is 688. The Morgan fingerprint density at radius 3 is 2.32 bits per heavy atom. The van der Waals surface area contributed by atoms with Crippen molar-refractivity contribution in [3.63, 3.8) is 0 Å². The van der Waals surface area contributed by atoms with Crippen molar-refractivity contribution < 1.29 is 27.1 Å². The minimum Gasteiger partial charge on any atom is -0.481 e. The highest BCUT2D eigenvalue weighted by atomic mass is 79.9. The molecule has 0 saturated heterocycles. The van der Waals surface area contributed by atoms with E-state index in [-0.39, 0.29) is 4.47 Å². The van der Waals surface area contributed by atoms with Gasteiger partial charge in [0.1, 0.15) is 16.5 Å². The van der Waals surface area contributed by atoms with E-state index in [9.17, 15) is 22.0 Å². The Hall–Kier alpha value is -1.06. The molecule has 1 saturated carbocycles. The molecule has 22 heavy (non-hydrogen) atoms. The van der Waals surface area contributed by atoms with Crippen molar-refractivity contribution in [3.8, 4) is 0 Å². The summed E-state index contributed by atoms with van der Waals surface area (Å²) in [6.07, 6.45) is 1.38. The molecule has 0 aliphatic heterocycles. The summed E-state index contributed by atoms with van der Waals surface area (Å²) in [5.74, 6) is -3.32. The van der Waals surface area contributed by atoms with Gasteiger partial charge in [0.2, 0.25) is 10.0 Å². The predicted molar refractivity (Wildman–Crippen MR) is 77.8 cm³/mol. The average molecular weight is 398 g/mol. The molecule has 0 spiro atoms. The zero-order chi connectivity index (χ0) is 16.5. The molecule has 2 N–H and O–H groups in total. The van der Waals surface area contributed by atoms with Crippen LogP contribution in [0.1, 0.15) is 25.7 Å². The van der Waals surface area contributed by atoms with Crippen molar-refractivity contribution in [2.24, 2.45) is 5.92 Å². The molecule has 1 aromatic carbocycles. The van der Waals surface area contributed by atoms with Gasteiger partial charge >= 0.3 is 5.97 Å². The SMILES string of the molecule is O=C(O)C1CCC(NS(=O)(=O)c2cc(F)c(Br)cc2F)CC1. The van der Waals surface area contributed by atoms with Crippen LogP contribution in [0.2, 0.25) is 0 Å². The first kappa shape index (κ1) is 17.3. The van der Waals surface area contributed by atoms with E-state index in [1.807, 2.05) is 0 Å². The molecule has 1 aliphatic rings. The van der Waals surface area contributed by atoms with E-state index >= 15 is 0 Å². The molecule has 9 heteroatoms. The number of carbonyl (C=O) groups is 1. The Balaban J connectivity index is 2.13. The fourth-order valence-electron chi connectivity index (χ4n) is 2.45. The van der Waals surface area contributed by atoms with Crippen LogP contribution >= 0.6 is 15.9 Å². The number of sulfonamides is 1. The molecule has 0 aromatic heterocycles. The third-order valence-electron chi connectivity index (χ3n) is 3.66. The zero-order valence-corrected chi connectivity index (χ0v) is 13.8. The summed E-state index contributed by atoms with van der Waals surface area (Å²) in [7, 11) is -4.20.